The van der Waals surface area contributed by atoms with Crippen LogP contribution in [0.15, 0.2) is 35.7 Å². The molecule has 0 aliphatic rings. The highest BCUT2D eigenvalue weighted by atomic mass is 32.2. The first-order valence-corrected chi connectivity index (χ1v) is 7.11. The van der Waals surface area contributed by atoms with E-state index in [0.29, 0.717) is 10.8 Å². The quantitative estimate of drug-likeness (QED) is 0.513. The summed E-state index contributed by atoms with van der Waals surface area (Å²) < 4.78 is 0. The molecular formula is C14H16N4OS. The van der Waals surface area contributed by atoms with E-state index in [1.54, 1.807) is 18.5 Å². The standard InChI is InChI=1S/C14H16N4OS/c1-9-6-16-14(17-7-9)20-8-13(19)18-12-5-3-4-11(15)10(12)2/h3-7H,8,15H2,1-2H3,(H,18,19). The lowest BCUT2D eigenvalue weighted by atomic mass is 10.1. The number of carbonyl (C=O) groups excluding carboxylic acids is 1. The molecule has 0 unspecified atom stereocenters. The number of nitrogen functional groups attached to an aromatic ring is 1. The Kier molecular flexibility index (Phi) is 4.57. The summed E-state index contributed by atoms with van der Waals surface area (Å²) in [5.41, 5.74) is 9.07. The molecule has 0 aliphatic heterocycles. The number of anilines is 2. The highest BCUT2D eigenvalue weighted by Crippen LogP contribution is 2.21. The number of hydrogen-bond donors (Lipinski definition) is 2. The Bertz CT molecular complexity index is 613. The van der Waals surface area contributed by atoms with Crippen molar-refractivity contribution in [2.24, 2.45) is 0 Å². The van der Waals surface area contributed by atoms with Crippen molar-refractivity contribution < 1.29 is 4.79 Å². The van der Waals surface area contributed by atoms with Gasteiger partial charge in [-0.2, -0.15) is 0 Å². The van der Waals surface area contributed by atoms with Gasteiger partial charge in [-0.3, -0.25) is 4.79 Å². The fourth-order valence-electron chi connectivity index (χ4n) is 1.56. The summed E-state index contributed by atoms with van der Waals surface area (Å²) in [6.45, 7) is 3.80. The van der Waals surface area contributed by atoms with E-state index in [-0.39, 0.29) is 11.7 Å². The zero-order valence-corrected chi connectivity index (χ0v) is 12.2. The molecule has 1 amide bonds. The van der Waals surface area contributed by atoms with E-state index in [4.69, 9.17) is 5.73 Å². The van der Waals surface area contributed by atoms with Crippen LogP contribution in [-0.4, -0.2) is 21.6 Å². The molecule has 1 aromatic heterocycles. The van der Waals surface area contributed by atoms with E-state index < -0.39 is 0 Å². The third kappa shape index (κ3) is 3.71. The third-order valence-corrected chi connectivity index (χ3v) is 3.61. The molecule has 6 heteroatoms. The van der Waals surface area contributed by atoms with Gasteiger partial charge in [0.05, 0.1) is 5.75 Å². The average molecular weight is 288 g/mol. The number of nitrogens with zero attached hydrogens (tertiary/aromatic N) is 2. The first-order chi connectivity index (χ1) is 9.56. The van der Waals surface area contributed by atoms with Crippen LogP contribution in [0.25, 0.3) is 0 Å². The van der Waals surface area contributed by atoms with Gasteiger partial charge in [-0.1, -0.05) is 17.8 Å². The van der Waals surface area contributed by atoms with Gasteiger partial charge < -0.3 is 11.1 Å². The van der Waals surface area contributed by atoms with Gasteiger partial charge in [0, 0.05) is 23.8 Å². The monoisotopic (exact) mass is 288 g/mol. The van der Waals surface area contributed by atoms with E-state index in [2.05, 4.69) is 15.3 Å². The van der Waals surface area contributed by atoms with Crippen molar-refractivity contribution >= 4 is 29.0 Å². The summed E-state index contributed by atoms with van der Waals surface area (Å²) in [4.78, 5) is 20.2. The smallest absolute Gasteiger partial charge is 0.234 e. The van der Waals surface area contributed by atoms with E-state index >= 15 is 0 Å². The molecule has 3 N–H and O–H groups in total. The molecule has 0 atom stereocenters. The molecule has 2 rings (SSSR count). The number of amides is 1. The van der Waals surface area contributed by atoms with Gasteiger partial charge >= 0.3 is 0 Å². The fourth-order valence-corrected chi connectivity index (χ4v) is 2.15. The lowest BCUT2D eigenvalue weighted by Crippen LogP contribution is -2.15. The molecule has 20 heavy (non-hydrogen) atoms. The van der Waals surface area contributed by atoms with Crippen LogP contribution in [0.4, 0.5) is 11.4 Å². The summed E-state index contributed by atoms with van der Waals surface area (Å²) in [7, 11) is 0. The zero-order chi connectivity index (χ0) is 14.5. The van der Waals surface area contributed by atoms with Crippen molar-refractivity contribution in [3.05, 3.63) is 41.7 Å². The molecule has 2 aromatic rings. The van der Waals surface area contributed by atoms with E-state index in [9.17, 15) is 4.79 Å². The van der Waals surface area contributed by atoms with Gasteiger partial charge in [-0.05, 0) is 37.1 Å². The second-order valence-electron chi connectivity index (χ2n) is 4.40. The molecule has 104 valence electrons. The van der Waals surface area contributed by atoms with Gasteiger partial charge in [-0.15, -0.1) is 0 Å². The van der Waals surface area contributed by atoms with Gasteiger partial charge in [0.15, 0.2) is 5.16 Å². The Labute approximate surface area is 122 Å². The number of aromatic nitrogens is 2. The topological polar surface area (TPSA) is 80.9 Å². The predicted molar refractivity (Wildman–Crippen MR) is 81.7 cm³/mol. The van der Waals surface area contributed by atoms with Gasteiger partial charge in [0.1, 0.15) is 0 Å². The van der Waals surface area contributed by atoms with Crippen LogP contribution < -0.4 is 11.1 Å². The zero-order valence-electron chi connectivity index (χ0n) is 11.4. The maximum absolute atomic E-state index is 11.9. The van der Waals surface area contributed by atoms with Crippen molar-refractivity contribution in [1.82, 2.24) is 9.97 Å². The van der Waals surface area contributed by atoms with Gasteiger partial charge in [0.2, 0.25) is 5.91 Å². The average Bonchev–Trinajstić information content (AvgIpc) is 2.43. The molecule has 0 saturated heterocycles. The van der Waals surface area contributed by atoms with Gasteiger partial charge in [0.25, 0.3) is 0 Å². The summed E-state index contributed by atoms with van der Waals surface area (Å²) in [5, 5.41) is 3.43. The van der Waals surface area contributed by atoms with E-state index in [0.717, 1.165) is 16.8 Å². The second-order valence-corrected chi connectivity index (χ2v) is 5.34. The van der Waals surface area contributed by atoms with Crippen molar-refractivity contribution in [1.29, 1.82) is 0 Å². The van der Waals surface area contributed by atoms with Crippen LogP contribution in [0.3, 0.4) is 0 Å². The Morgan fingerprint density at radius 1 is 1.30 bits per heavy atom. The van der Waals surface area contributed by atoms with Crippen LogP contribution in [0, 0.1) is 13.8 Å². The molecule has 0 saturated carbocycles. The molecule has 1 aromatic carbocycles. The normalized spacial score (nSPS) is 10.3. The van der Waals surface area contributed by atoms with Crippen molar-refractivity contribution in [2.45, 2.75) is 19.0 Å². The molecule has 0 bridgehead atoms. The second kappa shape index (κ2) is 6.38. The molecule has 0 fully saturated rings. The number of carbonyl (C=O) groups is 1. The van der Waals surface area contributed by atoms with Crippen molar-refractivity contribution in [3.8, 4) is 0 Å². The molecule has 1 heterocycles. The molecular weight excluding hydrogens is 272 g/mol. The minimum atomic E-state index is -0.104. The van der Waals surface area contributed by atoms with Crippen LogP contribution in [0.2, 0.25) is 0 Å². The number of hydrogen-bond acceptors (Lipinski definition) is 5. The first-order valence-electron chi connectivity index (χ1n) is 6.12. The molecule has 0 spiro atoms. The summed E-state index contributed by atoms with van der Waals surface area (Å²) in [5.74, 6) is 0.157. The highest BCUT2D eigenvalue weighted by Gasteiger charge is 2.08. The summed E-state index contributed by atoms with van der Waals surface area (Å²) in [6.07, 6.45) is 3.46. The minimum absolute atomic E-state index is 0.104. The number of nitrogens with one attached hydrogen (secondary N) is 1. The minimum Gasteiger partial charge on any atom is -0.398 e. The molecule has 0 radical (unpaired) electrons. The Hall–Kier alpha value is -2.08. The molecule has 0 aliphatic carbocycles. The highest BCUT2D eigenvalue weighted by molar-refractivity contribution is 7.99. The lowest BCUT2D eigenvalue weighted by Gasteiger charge is -2.09. The SMILES string of the molecule is Cc1cnc(SCC(=O)Nc2cccc(N)c2C)nc1. The lowest BCUT2D eigenvalue weighted by molar-refractivity contribution is -0.113. The van der Waals surface area contributed by atoms with Crippen LogP contribution in [0.5, 0.6) is 0 Å². The van der Waals surface area contributed by atoms with E-state index in [1.807, 2.05) is 26.0 Å². The van der Waals surface area contributed by atoms with Crippen molar-refractivity contribution in [3.63, 3.8) is 0 Å². The summed E-state index contributed by atoms with van der Waals surface area (Å²) >= 11 is 1.30. The Morgan fingerprint density at radius 3 is 2.70 bits per heavy atom. The predicted octanol–water partition coefficient (Wildman–Crippen LogP) is 2.41. The largest absolute Gasteiger partial charge is 0.398 e. The number of rotatable bonds is 4. The summed E-state index contributed by atoms with van der Waals surface area (Å²) in [6, 6.07) is 5.45. The van der Waals surface area contributed by atoms with Crippen LogP contribution in [0.1, 0.15) is 11.1 Å². The third-order valence-electron chi connectivity index (χ3n) is 2.74. The number of aryl methyl sites for hydroxylation is 1. The van der Waals surface area contributed by atoms with Crippen LogP contribution in [-0.2, 0) is 4.79 Å². The van der Waals surface area contributed by atoms with Crippen molar-refractivity contribution in [2.75, 3.05) is 16.8 Å². The fraction of sp³-hybridized carbons (Fsp3) is 0.214. The molecule has 5 nitrogen and oxygen atoms in total. The number of thioether (sulfide) groups is 1. The Morgan fingerprint density at radius 2 is 2.00 bits per heavy atom. The van der Waals surface area contributed by atoms with Gasteiger partial charge in [-0.25, -0.2) is 9.97 Å². The maximum atomic E-state index is 11.9. The maximum Gasteiger partial charge on any atom is 0.234 e. The Balaban J connectivity index is 1.92. The van der Waals surface area contributed by atoms with Crippen LogP contribution >= 0.6 is 11.8 Å². The first kappa shape index (κ1) is 14.3. The number of benzene rings is 1. The number of nitrogens with two attached hydrogens (primary N) is 1. The van der Waals surface area contributed by atoms with E-state index in [1.165, 1.54) is 11.8 Å².